The van der Waals surface area contributed by atoms with E-state index in [0.717, 1.165) is 5.56 Å². The molecule has 0 radical (unpaired) electrons. The van der Waals surface area contributed by atoms with Crippen molar-refractivity contribution >= 4 is 20.9 Å². The number of hydrogen-bond acceptors (Lipinski definition) is 4. The maximum Gasteiger partial charge on any atom is 0.326 e. The van der Waals surface area contributed by atoms with E-state index in [4.69, 9.17) is 0 Å². The Bertz CT molecular complexity index is 1160. The summed E-state index contributed by atoms with van der Waals surface area (Å²) in [6.07, 6.45) is 0.630. The summed E-state index contributed by atoms with van der Waals surface area (Å²) in [5.41, 5.74) is -0.114. The van der Waals surface area contributed by atoms with Crippen molar-refractivity contribution in [1.82, 2.24) is 14.7 Å². The maximum atomic E-state index is 12.9. The van der Waals surface area contributed by atoms with Gasteiger partial charge in [0.2, 0.25) is 10.0 Å². The SMILES string of the molecule is CC(C)C[C@H](NS(=O)(=O)c1ccc2[nH]c(=O)[nH]c(=O)c2c1)c1ccccc1. The zero-order valence-corrected chi connectivity index (χ0v) is 15.8. The molecule has 8 heteroatoms. The molecule has 7 nitrogen and oxygen atoms in total. The second-order valence-corrected chi connectivity index (χ2v) is 8.54. The summed E-state index contributed by atoms with van der Waals surface area (Å²) < 4.78 is 28.6. The van der Waals surface area contributed by atoms with Gasteiger partial charge in [0.25, 0.3) is 5.56 Å². The molecule has 0 saturated heterocycles. The molecular weight excluding hydrogens is 366 g/mol. The van der Waals surface area contributed by atoms with E-state index in [1.807, 2.05) is 44.2 Å². The fourth-order valence-corrected chi connectivity index (χ4v) is 4.24. The second-order valence-electron chi connectivity index (χ2n) is 6.83. The molecule has 0 aliphatic rings. The third-order valence-corrected chi connectivity index (χ3v) is 5.70. The van der Waals surface area contributed by atoms with E-state index in [-0.39, 0.29) is 27.8 Å². The molecule has 2 aromatic carbocycles. The molecule has 1 atom stereocenters. The lowest BCUT2D eigenvalue weighted by molar-refractivity contribution is 0.472. The van der Waals surface area contributed by atoms with Gasteiger partial charge in [-0.25, -0.2) is 17.9 Å². The van der Waals surface area contributed by atoms with E-state index in [2.05, 4.69) is 14.7 Å². The van der Waals surface area contributed by atoms with E-state index < -0.39 is 21.3 Å². The second kappa shape index (κ2) is 7.50. The van der Waals surface area contributed by atoms with Crippen LogP contribution in [0.15, 0.2) is 63.0 Å². The van der Waals surface area contributed by atoms with Gasteiger partial charge < -0.3 is 4.98 Å². The van der Waals surface area contributed by atoms with Gasteiger partial charge in [-0.15, -0.1) is 0 Å². The Labute approximate surface area is 156 Å². The first-order chi connectivity index (χ1) is 12.8. The number of benzene rings is 2. The maximum absolute atomic E-state index is 12.9. The van der Waals surface area contributed by atoms with E-state index in [9.17, 15) is 18.0 Å². The van der Waals surface area contributed by atoms with Crippen LogP contribution >= 0.6 is 0 Å². The summed E-state index contributed by atoms with van der Waals surface area (Å²) in [6, 6.07) is 13.0. The van der Waals surface area contributed by atoms with Gasteiger partial charge in [0.1, 0.15) is 0 Å². The highest BCUT2D eigenvalue weighted by atomic mass is 32.2. The van der Waals surface area contributed by atoms with Crippen molar-refractivity contribution in [2.75, 3.05) is 0 Å². The third kappa shape index (κ3) is 4.35. The van der Waals surface area contributed by atoms with Crippen LogP contribution in [-0.4, -0.2) is 18.4 Å². The van der Waals surface area contributed by atoms with Gasteiger partial charge in [-0.2, -0.15) is 0 Å². The van der Waals surface area contributed by atoms with Crippen LogP contribution in [-0.2, 0) is 10.0 Å². The molecule has 3 N–H and O–H groups in total. The largest absolute Gasteiger partial charge is 0.326 e. The lowest BCUT2D eigenvalue weighted by Gasteiger charge is -2.21. The average molecular weight is 387 g/mol. The molecule has 1 aromatic heterocycles. The molecule has 0 unspecified atom stereocenters. The third-order valence-electron chi connectivity index (χ3n) is 4.23. The van der Waals surface area contributed by atoms with Crippen LogP contribution in [0.25, 0.3) is 10.9 Å². The van der Waals surface area contributed by atoms with Crippen molar-refractivity contribution in [2.24, 2.45) is 5.92 Å². The standard InChI is InChI=1S/C19H21N3O4S/c1-12(2)10-17(13-6-4-3-5-7-13)22-27(25,26)14-8-9-16-15(11-14)18(23)21-19(24)20-16/h3-9,11-12,17,22H,10H2,1-2H3,(H2,20,21,23,24)/t17-/m0/s1. The number of nitrogens with one attached hydrogen (secondary N) is 3. The number of rotatable bonds is 6. The first-order valence-electron chi connectivity index (χ1n) is 8.60. The molecule has 0 amide bonds. The predicted molar refractivity (Wildman–Crippen MR) is 104 cm³/mol. The van der Waals surface area contributed by atoms with E-state index in [0.29, 0.717) is 6.42 Å². The minimum atomic E-state index is -3.87. The molecular formula is C19H21N3O4S. The highest BCUT2D eigenvalue weighted by Gasteiger charge is 2.23. The minimum absolute atomic E-state index is 0.0303. The van der Waals surface area contributed by atoms with Crippen molar-refractivity contribution in [2.45, 2.75) is 31.2 Å². The van der Waals surface area contributed by atoms with Gasteiger partial charge in [0.05, 0.1) is 15.8 Å². The smallest absolute Gasteiger partial charge is 0.307 e. The fourth-order valence-electron chi connectivity index (χ4n) is 2.98. The zero-order chi connectivity index (χ0) is 19.6. The van der Waals surface area contributed by atoms with Crippen molar-refractivity contribution in [3.63, 3.8) is 0 Å². The number of aromatic amines is 2. The number of fused-ring (bicyclic) bond motifs is 1. The zero-order valence-electron chi connectivity index (χ0n) is 15.0. The molecule has 0 aliphatic heterocycles. The lowest BCUT2D eigenvalue weighted by Crippen LogP contribution is -2.30. The Hall–Kier alpha value is -2.71. The molecule has 142 valence electrons. The Balaban J connectivity index is 2.00. The highest BCUT2D eigenvalue weighted by Crippen LogP contribution is 2.24. The van der Waals surface area contributed by atoms with Gasteiger partial charge in [-0.1, -0.05) is 44.2 Å². The monoisotopic (exact) mass is 387 g/mol. The van der Waals surface area contributed by atoms with Crippen molar-refractivity contribution in [3.8, 4) is 0 Å². The quantitative estimate of drug-likeness (QED) is 0.602. The van der Waals surface area contributed by atoms with Gasteiger partial charge in [-0.3, -0.25) is 9.78 Å². The summed E-state index contributed by atoms with van der Waals surface area (Å²) in [6.45, 7) is 4.05. The van der Waals surface area contributed by atoms with Gasteiger partial charge in [-0.05, 0) is 36.1 Å². The Kier molecular flexibility index (Phi) is 5.29. The Morgan fingerprint density at radius 2 is 1.70 bits per heavy atom. The van der Waals surface area contributed by atoms with Gasteiger partial charge >= 0.3 is 5.69 Å². The molecule has 0 saturated carbocycles. The molecule has 0 aliphatic carbocycles. The van der Waals surface area contributed by atoms with Crippen LogP contribution in [0.2, 0.25) is 0 Å². The van der Waals surface area contributed by atoms with Crippen LogP contribution in [0.3, 0.4) is 0 Å². The molecule has 0 fully saturated rings. The summed E-state index contributed by atoms with van der Waals surface area (Å²) in [5.74, 6) is 0.280. The van der Waals surface area contributed by atoms with Crippen molar-refractivity contribution < 1.29 is 8.42 Å². The van der Waals surface area contributed by atoms with E-state index >= 15 is 0 Å². The number of aromatic nitrogens is 2. The topological polar surface area (TPSA) is 112 Å². The van der Waals surface area contributed by atoms with Crippen LogP contribution in [0, 0.1) is 5.92 Å². The van der Waals surface area contributed by atoms with Crippen molar-refractivity contribution in [1.29, 1.82) is 0 Å². The van der Waals surface area contributed by atoms with Crippen LogP contribution < -0.4 is 16.0 Å². The molecule has 1 heterocycles. The summed E-state index contributed by atoms with van der Waals surface area (Å²) in [5, 5.41) is 0.109. The number of hydrogen-bond donors (Lipinski definition) is 3. The molecule has 0 bridgehead atoms. The molecule has 0 spiro atoms. The molecule has 3 aromatic rings. The van der Waals surface area contributed by atoms with Crippen molar-refractivity contribution in [3.05, 3.63) is 74.9 Å². The highest BCUT2D eigenvalue weighted by molar-refractivity contribution is 7.89. The van der Waals surface area contributed by atoms with Crippen LogP contribution in [0.4, 0.5) is 0 Å². The lowest BCUT2D eigenvalue weighted by atomic mass is 9.98. The first-order valence-corrected chi connectivity index (χ1v) is 10.1. The Morgan fingerprint density at radius 3 is 2.37 bits per heavy atom. The average Bonchev–Trinajstić information content (AvgIpc) is 2.61. The van der Waals surface area contributed by atoms with Gasteiger partial charge in [0.15, 0.2) is 0 Å². The van der Waals surface area contributed by atoms with Crippen LogP contribution in [0.1, 0.15) is 31.9 Å². The minimum Gasteiger partial charge on any atom is -0.307 e. The number of H-pyrrole nitrogens is 2. The Morgan fingerprint density at radius 1 is 1.00 bits per heavy atom. The summed E-state index contributed by atoms with van der Waals surface area (Å²) >= 11 is 0. The van der Waals surface area contributed by atoms with Crippen LogP contribution in [0.5, 0.6) is 0 Å². The molecule has 27 heavy (non-hydrogen) atoms. The van der Waals surface area contributed by atoms with E-state index in [1.165, 1.54) is 18.2 Å². The molecule has 3 rings (SSSR count). The fraction of sp³-hybridized carbons (Fsp3) is 0.263. The predicted octanol–water partition coefficient (Wildman–Crippen LogP) is 2.28. The first kappa shape index (κ1) is 19.1. The summed E-state index contributed by atoms with van der Waals surface area (Å²) in [7, 11) is -3.87. The summed E-state index contributed by atoms with van der Waals surface area (Å²) in [4.78, 5) is 27.9. The number of sulfonamides is 1. The van der Waals surface area contributed by atoms with Gasteiger partial charge in [0, 0.05) is 6.04 Å². The van der Waals surface area contributed by atoms with E-state index in [1.54, 1.807) is 0 Å². The normalized spacial score (nSPS) is 13.1.